The summed E-state index contributed by atoms with van der Waals surface area (Å²) < 4.78 is 5.98. The van der Waals surface area contributed by atoms with Gasteiger partial charge in [-0.25, -0.2) is 4.79 Å². The Labute approximate surface area is 213 Å². The van der Waals surface area contributed by atoms with E-state index < -0.39 is 0 Å². The second kappa shape index (κ2) is 9.24. The molecule has 184 valence electrons. The number of nitrogens with zero attached hydrogens (tertiary/aromatic N) is 1. The van der Waals surface area contributed by atoms with Gasteiger partial charge >= 0.3 is 6.09 Å². The van der Waals surface area contributed by atoms with E-state index in [4.69, 9.17) is 4.74 Å². The van der Waals surface area contributed by atoms with Crippen LogP contribution in [0, 0.1) is 19.8 Å². The molecule has 1 aliphatic carbocycles. The molecule has 6 rings (SSSR count). The van der Waals surface area contributed by atoms with Crippen molar-refractivity contribution in [2.24, 2.45) is 5.92 Å². The first-order valence-electron chi connectivity index (χ1n) is 13.2. The number of ketones is 1. The van der Waals surface area contributed by atoms with Crippen molar-refractivity contribution in [3.05, 3.63) is 94.5 Å². The molecule has 0 radical (unpaired) electrons. The molecule has 2 saturated heterocycles. The highest BCUT2D eigenvalue weighted by molar-refractivity contribution is 5.84. The summed E-state index contributed by atoms with van der Waals surface area (Å²) >= 11 is 0. The minimum Gasteiger partial charge on any atom is -0.448 e. The highest BCUT2D eigenvalue weighted by Crippen LogP contribution is 2.45. The van der Waals surface area contributed by atoms with Crippen LogP contribution in [0.1, 0.15) is 59.4 Å². The lowest BCUT2D eigenvalue weighted by Crippen LogP contribution is -2.48. The summed E-state index contributed by atoms with van der Waals surface area (Å²) in [5.41, 5.74) is 8.45. The number of Topliss-reactive ketones (excluding diaryl/α,β-unsaturated/α-hetero) is 1. The molecule has 0 saturated carbocycles. The maximum absolute atomic E-state index is 13.3. The smallest absolute Gasteiger partial charge is 0.410 e. The molecule has 36 heavy (non-hydrogen) atoms. The molecule has 2 aliphatic heterocycles. The molecule has 3 aromatic rings. The standard InChI is InChI=1S/C32H33NO3/c1-20-8-7-9-21(2)29(20)18-31(34)22-16-23-14-15-24(17-22)33(23)32(35)36-19-30-27-12-5-3-10-25(27)26-11-4-6-13-28(26)30/h3-13,22-24,30H,14-19H2,1-2H3. The van der Waals surface area contributed by atoms with Crippen LogP contribution in [0.15, 0.2) is 66.7 Å². The number of rotatable bonds is 5. The van der Waals surface area contributed by atoms with Crippen LogP contribution in [0.4, 0.5) is 4.79 Å². The van der Waals surface area contributed by atoms with Gasteiger partial charge in [0.2, 0.25) is 0 Å². The predicted molar refractivity (Wildman–Crippen MR) is 141 cm³/mol. The minimum atomic E-state index is -0.218. The Bertz CT molecular complexity index is 1250. The molecule has 3 aromatic carbocycles. The van der Waals surface area contributed by atoms with Crippen LogP contribution in [0.5, 0.6) is 0 Å². The zero-order chi connectivity index (χ0) is 24.8. The Morgan fingerprint density at radius 3 is 1.94 bits per heavy atom. The third-order valence-corrected chi connectivity index (χ3v) is 8.73. The summed E-state index contributed by atoms with van der Waals surface area (Å²) in [6.07, 6.45) is 3.71. The number of hydrogen-bond acceptors (Lipinski definition) is 3. The van der Waals surface area contributed by atoms with E-state index in [0.29, 0.717) is 18.8 Å². The van der Waals surface area contributed by atoms with Gasteiger partial charge in [0.1, 0.15) is 12.4 Å². The molecule has 1 amide bonds. The van der Waals surface area contributed by atoms with E-state index in [1.165, 1.54) is 33.4 Å². The van der Waals surface area contributed by atoms with Gasteiger partial charge < -0.3 is 9.64 Å². The van der Waals surface area contributed by atoms with Crippen LogP contribution in [0.3, 0.4) is 0 Å². The molecular weight excluding hydrogens is 446 g/mol. The molecule has 2 fully saturated rings. The Balaban J connectivity index is 1.12. The molecule has 2 unspecified atom stereocenters. The normalized spacial score (nSPS) is 22.3. The van der Waals surface area contributed by atoms with Crippen LogP contribution in [0.2, 0.25) is 0 Å². The van der Waals surface area contributed by atoms with Crippen molar-refractivity contribution in [2.75, 3.05) is 6.61 Å². The number of hydrogen-bond donors (Lipinski definition) is 0. The third kappa shape index (κ3) is 3.93. The van der Waals surface area contributed by atoms with Gasteiger partial charge in [0, 0.05) is 30.3 Å². The van der Waals surface area contributed by atoms with Crippen LogP contribution < -0.4 is 0 Å². The topological polar surface area (TPSA) is 46.6 Å². The van der Waals surface area contributed by atoms with Crippen molar-refractivity contribution in [3.8, 4) is 11.1 Å². The van der Waals surface area contributed by atoms with Gasteiger partial charge in [0.25, 0.3) is 0 Å². The SMILES string of the molecule is Cc1cccc(C)c1CC(=O)C1CC2CCC(C1)N2C(=O)OCC1c2ccccc2-c2ccccc21. The average molecular weight is 480 g/mol. The maximum Gasteiger partial charge on any atom is 0.410 e. The fraction of sp³-hybridized carbons (Fsp3) is 0.375. The maximum atomic E-state index is 13.3. The van der Waals surface area contributed by atoms with E-state index in [-0.39, 0.29) is 30.0 Å². The van der Waals surface area contributed by atoms with E-state index in [1.807, 2.05) is 11.0 Å². The van der Waals surface area contributed by atoms with E-state index in [2.05, 4.69) is 74.5 Å². The highest BCUT2D eigenvalue weighted by atomic mass is 16.6. The van der Waals surface area contributed by atoms with Crippen LogP contribution in [0.25, 0.3) is 11.1 Å². The van der Waals surface area contributed by atoms with Crippen molar-refractivity contribution in [1.29, 1.82) is 0 Å². The fourth-order valence-corrected chi connectivity index (χ4v) is 6.85. The second-order valence-corrected chi connectivity index (χ2v) is 10.8. The third-order valence-electron chi connectivity index (χ3n) is 8.73. The molecule has 0 spiro atoms. The zero-order valence-corrected chi connectivity index (χ0v) is 21.1. The molecule has 0 aromatic heterocycles. The summed E-state index contributed by atoms with van der Waals surface area (Å²) in [6, 6.07) is 23.2. The number of carbonyl (C=O) groups excluding carboxylic acids is 2. The van der Waals surface area contributed by atoms with Gasteiger partial charge in [0.05, 0.1) is 0 Å². The molecular formula is C32H33NO3. The highest BCUT2D eigenvalue weighted by Gasteiger charge is 2.46. The fourth-order valence-electron chi connectivity index (χ4n) is 6.85. The molecule has 2 atom stereocenters. The van der Waals surface area contributed by atoms with Crippen molar-refractivity contribution in [1.82, 2.24) is 4.90 Å². The van der Waals surface area contributed by atoms with Crippen molar-refractivity contribution < 1.29 is 14.3 Å². The van der Waals surface area contributed by atoms with E-state index in [0.717, 1.165) is 31.2 Å². The predicted octanol–water partition coefficient (Wildman–Crippen LogP) is 6.61. The van der Waals surface area contributed by atoms with Crippen molar-refractivity contribution in [2.45, 2.75) is 64.0 Å². The van der Waals surface area contributed by atoms with Gasteiger partial charge in [-0.3, -0.25) is 4.79 Å². The van der Waals surface area contributed by atoms with Gasteiger partial charge in [0.15, 0.2) is 0 Å². The molecule has 3 aliphatic rings. The summed E-state index contributed by atoms with van der Waals surface area (Å²) in [7, 11) is 0. The molecule has 4 nitrogen and oxygen atoms in total. The zero-order valence-electron chi connectivity index (χ0n) is 21.1. The van der Waals surface area contributed by atoms with Crippen molar-refractivity contribution >= 4 is 11.9 Å². The van der Waals surface area contributed by atoms with E-state index in [1.54, 1.807) is 0 Å². The lowest BCUT2D eigenvalue weighted by atomic mass is 9.84. The van der Waals surface area contributed by atoms with Gasteiger partial charge in [-0.1, -0.05) is 66.7 Å². The Kier molecular flexibility index (Phi) is 5.91. The molecule has 0 N–H and O–H groups in total. The summed E-state index contributed by atoms with van der Waals surface area (Å²) in [5.74, 6) is 0.408. The summed E-state index contributed by atoms with van der Waals surface area (Å²) in [5, 5.41) is 0. The van der Waals surface area contributed by atoms with Crippen LogP contribution in [-0.2, 0) is 16.0 Å². The summed E-state index contributed by atoms with van der Waals surface area (Å²) in [6.45, 7) is 4.51. The molecule has 2 heterocycles. The average Bonchev–Trinajstić information content (AvgIpc) is 3.35. The Morgan fingerprint density at radius 1 is 0.806 bits per heavy atom. The van der Waals surface area contributed by atoms with Crippen LogP contribution in [-0.4, -0.2) is 35.5 Å². The van der Waals surface area contributed by atoms with E-state index in [9.17, 15) is 9.59 Å². The number of benzene rings is 3. The first kappa shape index (κ1) is 23.0. The Morgan fingerprint density at radius 2 is 1.36 bits per heavy atom. The van der Waals surface area contributed by atoms with Gasteiger partial charge in [-0.05, 0) is 78.5 Å². The van der Waals surface area contributed by atoms with E-state index >= 15 is 0 Å². The lowest BCUT2D eigenvalue weighted by Gasteiger charge is -2.38. The number of piperidine rings is 1. The second-order valence-electron chi connectivity index (χ2n) is 10.8. The number of aryl methyl sites for hydroxylation is 2. The first-order chi connectivity index (χ1) is 17.5. The minimum absolute atomic E-state index is 0.0270. The van der Waals surface area contributed by atoms with Gasteiger partial charge in [-0.2, -0.15) is 0 Å². The number of ether oxygens (including phenoxy) is 1. The number of amides is 1. The molecule has 2 bridgehead atoms. The number of carbonyl (C=O) groups is 2. The summed E-state index contributed by atoms with van der Waals surface area (Å²) in [4.78, 5) is 28.5. The largest absolute Gasteiger partial charge is 0.448 e. The molecule has 4 heteroatoms. The monoisotopic (exact) mass is 479 g/mol. The quantitative estimate of drug-likeness (QED) is 0.414. The van der Waals surface area contributed by atoms with Crippen molar-refractivity contribution in [3.63, 3.8) is 0 Å². The lowest BCUT2D eigenvalue weighted by molar-refractivity contribution is -0.124. The Hall–Kier alpha value is -3.40. The van der Waals surface area contributed by atoms with Crippen LogP contribution >= 0.6 is 0 Å². The first-order valence-corrected chi connectivity index (χ1v) is 13.2. The number of fused-ring (bicyclic) bond motifs is 5. The van der Waals surface area contributed by atoms with Gasteiger partial charge in [-0.15, -0.1) is 0 Å².